The molecule has 32 heavy (non-hydrogen) atoms. The summed E-state index contributed by atoms with van der Waals surface area (Å²) in [4.78, 5) is 26.6. The molecule has 0 bridgehead atoms. The van der Waals surface area contributed by atoms with E-state index in [2.05, 4.69) is 5.32 Å². The highest BCUT2D eigenvalue weighted by atomic mass is 19.4. The zero-order valence-electron chi connectivity index (χ0n) is 17.7. The Kier molecular flexibility index (Phi) is 6.13. The average Bonchev–Trinajstić information content (AvgIpc) is 3.33. The van der Waals surface area contributed by atoms with Crippen LogP contribution < -0.4 is 5.32 Å². The van der Waals surface area contributed by atoms with Crippen LogP contribution in [0.2, 0.25) is 0 Å². The van der Waals surface area contributed by atoms with E-state index in [0.29, 0.717) is 37.2 Å². The minimum Gasteiger partial charge on any atom is -0.462 e. The highest BCUT2D eigenvalue weighted by Gasteiger charge is 2.45. The molecule has 1 saturated heterocycles. The number of hydrogen-bond donors (Lipinski definition) is 1. The van der Waals surface area contributed by atoms with Gasteiger partial charge in [0.25, 0.3) is 0 Å². The van der Waals surface area contributed by atoms with Crippen LogP contribution in [0.15, 0.2) is 48.5 Å². The van der Waals surface area contributed by atoms with Gasteiger partial charge in [-0.05, 0) is 61.3 Å². The van der Waals surface area contributed by atoms with Gasteiger partial charge in [0.1, 0.15) is 0 Å². The summed E-state index contributed by atoms with van der Waals surface area (Å²) in [6.45, 7) is 2.92. The third-order valence-electron chi connectivity index (χ3n) is 6.41. The fraction of sp³-hybridized carbons (Fsp3) is 0.417. The minimum absolute atomic E-state index is 0.155. The number of benzene rings is 2. The van der Waals surface area contributed by atoms with Gasteiger partial charge in [0.05, 0.1) is 23.4 Å². The number of nitrogens with zero attached hydrogens (tertiary/aromatic N) is 1. The predicted molar refractivity (Wildman–Crippen MR) is 113 cm³/mol. The van der Waals surface area contributed by atoms with Crippen LogP contribution in [0, 0.1) is 11.8 Å². The van der Waals surface area contributed by atoms with Crippen LogP contribution in [0.4, 0.5) is 23.7 Å². The van der Waals surface area contributed by atoms with Crippen LogP contribution in [-0.2, 0) is 10.9 Å². The van der Waals surface area contributed by atoms with Crippen molar-refractivity contribution in [2.24, 2.45) is 11.8 Å². The van der Waals surface area contributed by atoms with Crippen molar-refractivity contribution in [3.05, 3.63) is 65.2 Å². The highest BCUT2D eigenvalue weighted by Crippen LogP contribution is 2.48. The first-order valence-corrected chi connectivity index (χ1v) is 10.8. The number of urea groups is 1. The van der Waals surface area contributed by atoms with Gasteiger partial charge in [-0.25, -0.2) is 9.59 Å². The van der Waals surface area contributed by atoms with E-state index in [1.54, 1.807) is 48.2 Å². The molecule has 3 atom stereocenters. The Bertz CT molecular complexity index is 994. The molecule has 2 aromatic rings. The molecule has 170 valence electrons. The summed E-state index contributed by atoms with van der Waals surface area (Å²) in [5.41, 5.74) is 0.458. The van der Waals surface area contributed by atoms with E-state index >= 15 is 0 Å². The van der Waals surface area contributed by atoms with Crippen LogP contribution in [-0.4, -0.2) is 36.6 Å². The van der Waals surface area contributed by atoms with Gasteiger partial charge in [-0.3, -0.25) is 0 Å². The maximum Gasteiger partial charge on any atom is 0.416 e. The molecule has 0 radical (unpaired) electrons. The maximum absolute atomic E-state index is 13.4. The highest BCUT2D eigenvalue weighted by molar-refractivity contribution is 6.00. The zero-order valence-corrected chi connectivity index (χ0v) is 17.7. The van der Waals surface area contributed by atoms with Crippen LogP contribution >= 0.6 is 0 Å². The van der Waals surface area contributed by atoms with Crippen molar-refractivity contribution in [1.29, 1.82) is 0 Å². The summed E-state index contributed by atoms with van der Waals surface area (Å²) in [7, 11) is 0. The van der Waals surface area contributed by atoms with Crippen molar-refractivity contribution in [3.8, 4) is 0 Å². The second-order valence-electron chi connectivity index (χ2n) is 8.37. The summed E-state index contributed by atoms with van der Waals surface area (Å²) in [5, 5.41) is 2.79. The number of ether oxygens (including phenoxy) is 1. The quantitative estimate of drug-likeness (QED) is 0.628. The number of nitrogens with one attached hydrogen (secondary N) is 1. The number of hydrogen-bond acceptors (Lipinski definition) is 3. The lowest BCUT2D eigenvalue weighted by Crippen LogP contribution is -2.34. The number of amides is 2. The smallest absolute Gasteiger partial charge is 0.416 e. The number of fused-ring (bicyclic) bond motifs is 1. The number of anilines is 1. The summed E-state index contributed by atoms with van der Waals surface area (Å²) in [6.07, 6.45) is -3.12. The third-order valence-corrected chi connectivity index (χ3v) is 6.41. The topological polar surface area (TPSA) is 58.6 Å². The van der Waals surface area contributed by atoms with E-state index in [-0.39, 0.29) is 36.0 Å². The Hall–Kier alpha value is -3.03. The molecule has 1 heterocycles. The first-order valence-electron chi connectivity index (χ1n) is 10.8. The number of para-hydroxylation sites is 1. The number of halogens is 3. The molecule has 1 saturated carbocycles. The number of carbonyl (C=O) groups excluding carboxylic acids is 2. The Morgan fingerprint density at radius 3 is 2.31 bits per heavy atom. The number of alkyl halides is 3. The average molecular weight is 446 g/mol. The molecule has 1 aliphatic carbocycles. The largest absolute Gasteiger partial charge is 0.462 e. The lowest BCUT2D eigenvalue weighted by atomic mass is 9.91. The van der Waals surface area contributed by atoms with Gasteiger partial charge in [0.15, 0.2) is 0 Å². The molecule has 2 fully saturated rings. The second-order valence-corrected chi connectivity index (χ2v) is 8.37. The summed E-state index contributed by atoms with van der Waals surface area (Å²) in [5.74, 6) is -0.342. The van der Waals surface area contributed by atoms with Crippen LogP contribution in [0.5, 0.6) is 0 Å². The monoisotopic (exact) mass is 446 g/mol. The number of rotatable bonds is 4. The molecule has 5 nitrogen and oxygen atoms in total. The van der Waals surface area contributed by atoms with Crippen LogP contribution in [0.3, 0.4) is 0 Å². The predicted octanol–water partition coefficient (Wildman–Crippen LogP) is 5.54. The number of esters is 1. The van der Waals surface area contributed by atoms with Gasteiger partial charge < -0.3 is 15.0 Å². The van der Waals surface area contributed by atoms with Crippen molar-refractivity contribution in [2.45, 2.75) is 31.9 Å². The molecule has 2 aliphatic rings. The van der Waals surface area contributed by atoms with E-state index < -0.39 is 17.7 Å². The van der Waals surface area contributed by atoms with Gasteiger partial charge in [0.2, 0.25) is 0 Å². The van der Waals surface area contributed by atoms with E-state index in [0.717, 1.165) is 6.07 Å². The van der Waals surface area contributed by atoms with Gasteiger partial charge in [0, 0.05) is 13.1 Å². The first kappa shape index (κ1) is 22.2. The summed E-state index contributed by atoms with van der Waals surface area (Å²) < 4.78 is 45.3. The van der Waals surface area contributed by atoms with Crippen molar-refractivity contribution < 1.29 is 27.5 Å². The third kappa shape index (κ3) is 4.45. The van der Waals surface area contributed by atoms with Gasteiger partial charge in [-0.1, -0.05) is 30.3 Å². The Morgan fingerprint density at radius 1 is 1.03 bits per heavy atom. The van der Waals surface area contributed by atoms with Crippen LogP contribution in [0.25, 0.3) is 0 Å². The fourth-order valence-electron chi connectivity index (χ4n) is 5.00. The van der Waals surface area contributed by atoms with E-state index in [1.807, 2.05) is 0 Å². The summed E-state index contributed by atoms with van der Waals surface area (Å²) >= 11 is 0. The standard InChI is InChI=1S/C24H25F3N2O3/c1-2-32-22(30)19-8-4-6-10-21(19)28-23(31)29-13-16-11-15(12-17(16)14-29)18-7-3-5-9-20(18)24(25,26)27/h3-10,15-17H,2,11-14H2,1H3,(H,28,31)/t15-,16+,17-. The molecular weight excluding hydrogens is 421 g/mol. The Morgan fingerprint density at radius 2 is 1.66 bits per heavy atom. The second kappa shape index (κ2) is 8.84. The molecule has 1 aliphatic heterocycles. The van der Waals surface area contributed by atoms with Gasteiger partial charge >= 0.3 is 18.2 Å². The van der Waals surface area contributed by atoms with Crippen LogP contribution in [0.1, 0.15) is 47.2 Å². The van der Waals surface area contributed by atoms with E-state index in [9.17, 15) is 22.8 Å². The number of carbonyl (C=O) groups is 2. The van der Waals surface area contributed by atoms with Crippen molar-refractivity contribution in [1.82, 2.24) is 4.90 Å². The molecule has 8 heteroatoms. The molecule has 4 rings (SSSR count). The SMILES string of the molecule is CCOC(=O)c1ccccc1NC(=O)N1C[C@H]2C[C@H](c3ccccc3C(F)(F)F)C[C@H]2C1. The molecule has 2 amide bonds. The molecule has 1 N–H and O–H groups in total. The Balaban J connectivity index is 1.41. The lowest BCUT2D eigenvalue weighted by Gasteiger charge is -2.22. The lowest BCUT2D eigenvalue weighted by molar-refractivity contribution is -0.138. The van der Waals surface area contributed by atoms with E-state index in [4.69, 9.17) is 4.74 Å². The molecule has 0 spiro atoms. The molecule has 2 aromatic carbocycles. The van der Waals surface area contributed by atoms with E-state index in [1.165, 1.54) is 6.07 Å². The molecular formula is C24H25F3N2O3. The fourth-order valence-corrected chi connectivity index (χ4v) is 5.00. The van der Waals surface area contributed by atoms with Gasteiger partial charge in [-0.2, -0.15) is 13.2 Å². The zero-order chi connectivity index (χ0) is 22.9. The normalized spacial score (nSPS) is 22.5. The molecule has 0 unspecified atom stereocenters. The van der Waals surface area contributed by atoms with Crippen molar-refractivity contribution in [3.63, 3.8) is 0 Å². The Labute approximate surface area is 184 Å². The molecule has 0 aromatic heterocycles. The summed E-state index contributed by atoms with van der Waals surface area (Å²) in [6, 6.07) is 12.1. The van der Waals surface area contributed by atoms with Crippen molar-refractivity contribution >= 4 is 17.7 Å². The van der Waals surface area contributed by atoms with Gasteiger partial charge in [-0.15, -0.1) is 0 Å². The maximum atomic E-state index is 13.4. The minimum atomic E-state index is -4.37. The van der Waals surface area contributed by atoms with Crippen molar-refractivity contribution in [2.75, 3.05) is 25.0 Å². The number of likely N-dealkylation sites (tertiary alicyclic amines) is 1. The first-order chi connectivity index (χ1) is 15.3.